The van der Waals surface area contributed by atoms with Crippen molar-refractivity contribution in [2.45, 2.75) is 6.92 Å². The average Bonchev–Trinajstić information content (AvgIpc) is 2.88. The van der Waals surface area contributed by atoms with E-state index >= 15 is 0 Å². The highest BCUT2D eigenvalue weighted by Crippen LogP contribution is 2.39. The Bertz CT molecular complexity index is 1280. The van der Waals surface area contributed by atoms with Crippen molar-refractivity contribution >= 4 is 47.7 Å². The van der Waals surface area contributed by atoms with Crippen LogP contribution in [0, 0.1) is 6.92 Å². The van der Waals surface area contributed by atoms with Gasteiger partial charge in [0.05, 0.1) is 0 Å². The SMILES string of the molecule is Cc1ccccc1P(c1ccccc1)c1ccccc1P(c1ccccc1)c1ccccc1. The molecule has 0 aliphatic rings. The Kier molecular flexibility index (Phi) is 6.78. The minimum Gasteiger partial charge on any atom is -0.0622 e. The first-order valence-corrected chi connectivity index (χ1v) is 13.9. The summed E-state index contributed by atoms with van der Waals surface area (Å²) >= 11 is 0. The van der Waals surface area contributed by atoms with E-state index in [9.17, 15) is 0 Å². The van der Waals surface area contributed by atoms with E-state index in [0.29, 0.717) is 0 Å². The smallest absolute Gasteiger partial charge is 0.00674 e. The van der Waals surface area contributed by atoms with Crippen LogP contribution < -0.4 is 31.8 Å². The second-order valence-electron chi connectivity index (χ2n) is 7.95. The van der Waals surface area contributed by atoms with Crippen LogP contribution in [0.5, 0.6) is 0 Å². The van der Waals surface area contributed by atoms with Crippen molar-refractivity contribution < 1.29 is 0 Å². The van der Waals surface area contributed by atoms with Crippen molar-refractivity contribution in [3.63, 3.8) is 0 Å². The molecule has 0 aromatic heterocycles. The zero-order valence-electron chi connectivity index (χ0n) is 18.7. The lowest BCUT2D eigenvalue weighted by Crippen LogP contribution is -2.35. The van der Waals surface area contributed by atoms with Gasteiger partial charge in [0.25, 0.3) is 0 Å². The Morgan fingerprint density at radius 2 is 0.667 bits per heavy atom. The summed E-state index contributed by atoms with van der Waals surface area (Å²) in [4.78, 5) is 0. The van der Waals surface area contributed by atoms with Crippen molar-refractivity contribution in [1.29, 1.82) is 0 Å². The molecule has 33 heavy (non-hydrogen) atoms. The number of aryl methyl sites for hydroxylation is 1. The first-order valence-electron chi connectivity index (χ1n) is 11.2. The lowest BCUT2D eigenvalue weighted by atomic mass is 10.2. The molecule has 0 saturated carbocycles. The molecule has 0 saturated heterocycles. The van der Waals surface area contributed by atoms with Crippen molar-refractivity contribution in [1.82, 2.24) is 0 Å². The highest BCUT2D eigenvalue weighted by Gasteiger charge is 2.26. The third kappa shape index (κ3) is 4.69. The predicted octanol–water partition coefficient (Wildman–Crippen LogP) is 5.51. The Balaban J connectivity index is 1.76. The Hall–Kier alpha value is -3.04. The third-order valence-electron chi connectivity index (χ3n) is 5.76. The van der Waals surface area contributed by atoms with Crippen LogP contribution in [0.2, 0.25) is 0 Å². The van der Waals surface area contributed by atoms with E-state index in [1.54, 1.807) is 0 Å². The zero-order valence-corrected chi connectivity index (χ0v) is 20.5. The largest absolute Gasteiger partial charge is 0.0622 e. The Morgan fingerprint density at radius 3 is 1.12 bits per heavy atom. The molecule has 160 valence electrons. The summed E-state index contributed by atoms with van der Waals surface area (Å²) in [5, 5.41) is 8.50. The average molecular weight is 460 g/mol. The standard InChI is InChI=1S/C31H26P2/c1-25-15-11-12-22-29(25)33(28-20-9-4-10-21-28)31-24-14-13-23-30(31)32(26-16-5-2-6-17-26)27-18-7-3-8-19-27/h2-24H,1H3. The first kappa shape index (κ1) is 21.8. The Labute approximate surface area is 199 Å². The van der Waals surface area contributed by atoms with Crippen molar-refractivity contribution in [2.75, 3.05) is 0 Å². The molecular formula is C31H26P2. The van der Waals surface area contributed by atoms with Crippen LogP contribution in [-0.4, -0.2) is 0 Å². The van der Waals surface area contributed by atoms with Crippen molar-refractivity contribution in [3.8, 4) is 0 Å². The molecule has 0 radical (unpaired) electrons. The molecule has 2 heteroatoms. The summed E-state index contributed by atoms with van der Waals surface area (Å²) in [5.41, 5.74) is 1.35. The number of hydrogen-bond donors (Lipinski definition) is 0. The summed E-state index contributed by atoms with van der Waals surface area (Å²) in [6.07, 6.45) is 0. The fourth-order valence-corrected chi connectivity index (χ4v) is 9.64. The van der Waals surface area contributed by atoms with Crippen LogP contribution in [0.1, 0.15) is 5.56 Å². The zero-order chi connectivity index (χ0) is 22.5. The molecule has 0 bridgehead atoms. The predicted molar refractivity (Wildman–Crippen MR) is 149 cm³/mol. The van der Waals surface area contributed by atoms with E-state index in [1.807, 2.05) is 0 Å². The van der Waals surface area contributed by atoms with E-state index in [0.717, 1.165) is 0 Å². The minimum atomic E-state index is -0.685. The van der Waals surface area contributed by atoms with Crippen LogP contribution in [0.25, 0.3) is 0 Å². The van der Waals surface area contributed by atoms with E-state index in [2.05, 4.69) is 146 Å². The quantitative estimate of drug-likeness (QED) is 0.293. The van der Waals surface area contributed by atoms with Gasteiger partial charge in [-0.2, -0.15) is 0 Å². The molecule has 0 aliphatic carbocycles. The molecule has 0 N–H and O–H groups in total. The number of benzene rings is 5. The van der Waals surface area contributed by atoms with E-state index in [4.69, 9.17) is 0 Å². The lowest BCUT2D eigenvalue weighted by Gasteiger charge is -2.28. The van der Waals surface area contributed by atoms with Gasteiger partial charge in [-0.25, -0.2) is 0 Å². The molecule has 0 aliphatic heterocycles. The first-order chi connectivity index (χ1) is 16.3. The summed E-state index contributed by atoms with van der Waals surface area (Å²) in [6.45, 7) is 2.24. The normalized spacial score (nSPS) is 11.9. The number of hydrogen-bond acceptors (Lipinski definition) is 0. The van der Waals surface area contributed by atoms with Crippen molar-refractivity contribution in [3.05, 3.63) is 145 Å². The van der Waals surface area contributed by atoms with E-state index in [-0.39, 0.29) is 0 Å². The molecule has 0 spiro atoms. The van der Waals surface area contributed by atoms with Gasteiger partial charge in [0.15, 0.2) is 0 Å². The van der Waals surface area contributed by atoms with Gasteiger partial charge in [-0.3, -0.25) is 0 Å². The Morgan fingerprint density at radius 1 is 0.333 bits per heavy atom. The highest BCUT2D eigenvalue weighted by atomic mass is 31.1. The fraction of sp³-hybridized carbons (Fsp3) is 0.0323. The third-order valence-corrected chi connectivity index (χ3v) is 11.1. The summed E-state index contributed by atoms with van der Waals surface area (Å²) in [5.74, 6) is 0. The van der Waals surface area contributed by atoms with Gasteiger partial charge in [0, 0.05) is 0 Å². The maximum atomic E-state index is 2.36. The lowest BCUT2D eigenvalue weighted by molar-refractivity contribution is 1.52. The summed E-state index contributed by atoms with van der Waals surface area (Å²) in [6, 6.07) is 51.1. The van der Waals surface area contributed by atoms with Gasteiger partial charge < -0.3 is 0 Å². The minimum absolute atomic E-state index is 0.673. The van der Waals surface area contributed by atoms with Crippen LogP contribution in [0.4, 0.5) is 0 Å². The summed E-state index contributed by atoms with van der Waals surface area (Å²) < 4.78 is 0. The van der Waals surface area contributed by atoms with Gasteiger partial charge in [-0.05, 0) is 60.2 Å². The van der Waals surface area contributed by atoms with Gasteiger partial charge in [0.2, 0.25) is 0 Å². The summed E-state index contributed by atoms with van der Waals surface area (Å²) in [7, 11) is -1.36. The number of rotatable bonds is 6. The van der Waals surface area contributed by atoms with Crippen LogP contribution in [0.3, 0.4) is 0 Å². The van der Waals surface area contributed by atoms with E-state index < -0.39 is 15.8 Å². The molecule has 1 atom stereocenters. The van der Waals surface area contributed by atoms with E-state index in [1.165, 1.54) is 37.4 Å². The highest BCUT2D eigenvalue weighted by molar-refractivity contribution is 7.85. The van der Waals surface area contributed by atoms with Gasteiger partial charge in [-0.1, -0.05) is 140 Å². The molecule has 5 aromatic carbocycles. The fourth-order valence-electron chi connectivity index (χ4n) is 4.22. The maximum absolute atomic E-state index is 2.36. The van der Waals surface area contributed by atoms with Gasteiger partial charge in [-0.15, -0.1) is 0 Å². The molecule has 0 nitrogen and oxygen atoms in total. The van der Waals surface area contributed by atoms with Gasteiger partial charge in [0.1, 0.15) is 0 Å². The molecule has 1 unspecified atom stereocenters. The van der Waals surface area contributed by atoms with Crippen LogP contribution in [-0.2, 0) is 0 Å². The van der Waals surface area contributed by atoms with Gasteiger partial charge >= 0.3 is 0 Å². The second-order valence-corrected chi connectivity index (χ2v) is 12.3. The monoisotopic (exact) mass is 460 g/mol. The molecule has 5 aromatic rings. The molecule has 0 heterocycles. The van der Waals surface area contributed by atoms with Crippen LogP contribution >= 0.6 is 15.8 Å². The molecule has 0 amide bonds. The molecule has 0 fully saturated rings. The second kappa shape index (κ2) is 10.3. The van der Waals surface area contributed by atoms with Crippen molar-refractivity contribution in [2.24, 2.45) is 0 Å². The topological polar surface area (TPSA) is 0 Å². The maximum Gasteiger partial charge on any atom is -0.00674 e. The molecule has 5 rings (SSSR count). The van der Waals surface area contributed by atoms with Crippen LogP contribution in [0.15, 0.2) is 140 Å². The molecular weight excluding hydrogens is 434 g/mol.